The summed E-state index contributed by atoms with van der Waals surface area (Å²) in [5, 5.41) is 10.2. The summed E-state index contributed by atoms with van der Waals surface area (Å²) < 4.78 is 5.20. The lowest BCUT2D eigenvalue weighted by Gasteiger charge is -2.27. The van der Waals surface area contributed by atoms with Crippen LogP contribution in [0.25, 0.3) is 0 Å². The van der Waals surface area contributed by atoms with E-state index in [4.69, 9.17) is 4.62 Å². The summed E-state index contributed by atoms with van der Waals surface area (Å²) in [7, 11) is -1.92. The van der Waals surface area contributed by atoms with E-state index in [0.717, 1.165) is 18.5 Å². The molecule has 0 saturated heterocycles. The predicted octanol–water partition coefficient (Wildman–Crippen LogP) is 4.10. The van der Waals surface area contributed by atoms with Gasteiger partial charge in [-0.3, -0.25) is 0 Å². The summed E-state index contributed by atoms with van der Waals surface area (Å²) in [4.78, 5) is 10.8. The van der Waals surface area contributed by atoms with Crippen molar-refractivity contribution in [2.75, 3.05) is 18.5 Å². The lowest BCUT2D eigenvalue weighted by Crippen LogP contribution is -2.22. The largest absolute Gasteiger partial charge is 0.326 e. The van der Waals surface area contributed by atoms with Gasteiger partial charge in [0.1, 0.15) is 0 Å². The minimum Gasteiger partial charge on any atom is -0.175 e. The fourth-order valence-electron chi connectivity index (χ4n) is 2.46. The summed E-state index contributed by atoms with van der Waals surface area (Å²) in [6.45, 7) is 12.7. The molecule has 0 unspecified atom stereocenters. The molecule has 0 aromatic carbocycles. The molecule has 0 bridgehead atoms. The van der Waals surface area contributed by atoms with Crippen LogP contribution in [-0.2, 0) is 4.62 Å². The van der Waals surface area contributed by atoms with Gasteiger partial charge in [0.25, 0.3) is 0 Å². The van der Waals surface area contributed by atoms with Gasteiger partial charge in [-0.15, -0.1) is 10.1 Å². The zero-order valence-electron chi connectivity index (χ0n) is 12.0. The maximum Gasteiger partial charge on any atom is 0.326 e. The van der Waals surface area contributed by atoms with Crippen LogP contribution in [0, 0.1) is 27.9 Å². The van der Waals surface area contributed by atoms with Gasteiger partial charge in [0.15, 0.2) is 0 Å². The molecule has 0 radical (unpaired) electrons. The number of hydrogen-bond acceptors (Lipinski definition) is 3. The monoisotopic (exact) mass is 264 g/mol. The van der Waals surface area contributed by atoms with Crippen molar-refractivity contribution >= 4 is 7.49 Å². The highest BCUT2D eigenvalue weighted by Gasteiger charge is 2.45. The minimum atomic E-state index is -1.92. The van der Waals surface area contributed by atoms with E-state index in [1.807, 2.05) is 0 Å². The Morgan fingerprint density at radius 2 is 1.24 bits per heavy atom. The van der Waals surface area contributed by atoms with E-state index in [1.165, 1.54) is 0 Å². The molecule has 0 aliphatic heterocycles. The molecule has 0 aromatic heterocycles. The van der Waals surface area contributed by atoms with Crippen molar-refractivity contribution in [2.45, 2.75) is 41.5 Å². The topological polar surface area (TPSA) is 52.4 Å². The molecular formula is C12H27NO3P+. The average Bonchev–Trinajstić information content (AvgIpc) is 1.95. The molecule has 0 atom stereocenters. The van der Waals surface area contributed by atoms with E-state index < -0.39 is 12.6 Å². The quantitative estimate of drug-likeness (QED) is 0.377. The standard InChI is InChI=1S/C12H27NO3P/c1-10(2)7-17(8-11(3)4,9-12(5)6)16-13(14)15/h10-12H,7-9H2,1-6H3/q+1. The lowest BCUT2D eigenvalue weighted by atomic mass is 10.3. The van der Waals surface area contributed by atoms with E-state index in [9.17, 15) is 10.1 Å². The molecular weight excluding hydrogens is 237 g/mol. The van der Waals surface area contributed by atoms with Gasteiger partial charge < -0.3 is 0 Å². The van der Waals surface area contributed by atoms with Crippen LogP contribution in [0.1, 0.15) is 41.5 Å². The minimum absolute atomic E-state index is 0.445. The van der Waals surface area contributed by atoms with Crippen molar-refractivity contribution in [3.8, 4) is 0 Å². The maximum absolute atomic E-state index is 10.8. The van der Waals surface area contributed by atoms with Crippen LogP contribution in [-0.4, -0.2) is 23.6 Å². The predicted molar refractivity (Wildman–Crippen MR) is 74.1 cm³/mol. The fraction of sp³-hybridized carbons (Fsp3) is 1.00. The zero-order valence-corrected chi connectivity index (χ0v) is 12.9. The number of rotatable bonds is 8. The molecule has 0 spiro atoms. The van der Waals surface area contributed by atoms with Gasteiger partial charge in [0.05, 0.1) is 18.5 Å². The van der Waals surface area contributed by atoms with Crippen LogP contribution < -0.4 is 0 Å². The summed E-state index contributed by atoms with van der Waals surface area (Å²) in [6, 6.07) is 0. The molecule has 0 aromatic rings. The molecule has 0 fully saturated rings. The second kappa shape index (κ2) is 7.15. The number of nitrogens with zero attached hydrogens (tertiary/aromatic N) is 1. The van der Waals surface area contributed by atoms with Gasteiger partial charge in [0, 0.05) is 0 Å². The molecule has 4 nitrogen and oxygen atoms in total. The van der Waals surface area contributed by atoms with Gasteiger partial charge in [-0.2, -0.15) is 4.62 Å². The van der Waals surface area contributed by atoms with Crippen molar-refractivity contribution in [1.82, 2.24) is 0 Å². The Kier molecular flexibility index (Phi) is 6.99. The third kappa shape index (κ3) is 7.54. The van der Waals surface area contributed by atoms with Crippen LogP contribution in [0.5, 0.6) is 0 Å². The van der Waals surface area contributed by atoms with Crippen LogP contribution in [0.2, 0.25) is 0 Å². The van der Waals surface area contributed by atoms with Crippen molar-refractivity contribution in [3.63, 3.8) is 0 Å². The van der Waals surface area contributed by atoms with Gasteiger partial charge >= 0.3 is 5.09 Å². The maximum atomic E-state index is 10.8. The molecule has 5 heteroatoms. The summed E-state index contributed by atoms with van der Waals surface area (Å²) >= 11 is 0. The second-order valence-corrected chi connectivity index (χ2v) is 9.47. The molecule has 0 amide bonds. The van der Waals surface area contributed by atoms with Crippen LogP contribution in [0.15, 0.2) is 0 Å². The SMILES string of the molecule is CC(C)C[P+](CC(C)C)(CC(C)C)O[N+](=O)[O-]. The first-order chi connectivity index (χ1) is 7.67. The first kappa shape index (κ1) is 16.6. The molecule has 0 aliphatic rings. The van der Waals surface area contributed by atoms with Crippen LogP contribution in [0.4, 0.5) is 0 Å². The van der Waals surface area contributed by atoms with Crippen LogP contribution in [0.3, 0.4) is 0 Å². The second-order valence-electron chi connectivity index (χ2n) is 6.09. The smallest absolute Gasteiger partial charge is 0.175 e. The van der Waals surface area contributed by atoms with E-state index in [1.54, 1.807) is 0 Å². The van der Waals surface area contributed by atoms with Crippen molar-refractivity contribution < 1.29 is 9.71 Å². The first-order valence-corrected chi connectivity index (χ1v) is 8.63. The van der Waals surface area contributed by atoms with Crippen molar-refractivity contribution in [2.24, 2.45) is 17.8 Å². The molecule has 102 valence electrons. The Morgan fingerprint density at radius 3 is 1.41 bits per heavy atom. The summed E-state index contributed by atoms with van der Waals surface area (Å²) in [5.74, 6) is 1.34. The highest BCUT2D eigenvalue weighted by atomic mass is 31.2. The molecule has 0 saturated carbocycles. The molecule has 0 aliphatic carbocycles. The van der Waals surface area contributed by atoms with E-state index >= 15 is 0 Å². The molecule has 17 heavy (non-hydrogen) atoms. The third-order valence-electron chi connectivity index (χ3n) is 2.33. The Hall–Kier alpha value is -0.370. The molecule has 0 heterocycles. The van der Waals surface area contributed by atoms with E-state index in [0.29, 0.717) is 17.8 Å². The first-order valence-electron chi connectivity index (χ1n) is 6.37. The van der Waals surface area contributed by atoms with Gasteiger partial charge in [-0.25, -0.2) is 0 Å². The third-order valence-corrected chi connectivity index (χ3v) is 7.00. The lowest BCUT2D eigenvalue weighted by molar-refractivity contribution is -0.713. The van der Waals surface area contributed by atoms with Gasteiger partial charge in [-0.1, -0.05) is 41.5 Å². The van der Waals surface area contributed by atoms with Crippen molar-refractivity contribution in [1.29, 1.82) is 0 Å². The normalized spacial score (nSPS) is 12.5. The van der Waals surface area contributed by atoms with Crippen molar-refractivity contribution in [3.05, 3.63) is 10.1 Å². The zero-order chi connectivity index (χ0) is 13.6. The Bertz CT molecular complexity index is 215. The Balaban J connectivity index is 4.96. The van der Waals surface area contributed by atoms with Crippen LogP contribution >= 0.6 is 7.49 Å². The van der Waals surface area contributed by atoms with Gasteiger partial charge in [-0.05, 0) is 17.8 Å². The fourth-order valence-corrected chi connectivity index (χ4v) is 7.38. The number of hydrogen-bond donors (Lipinski definition) is 0. The highest BCUT2D eigenvalue weighted by molar-refractivity contribution is 7.71. The van der Waals surface area contributed by atoms with E-state index in [2.05, 4.69) is 41.5 Å². The Labute approximate surface area is 106 Å². The molecule has 0 N–H and O–H groups in total. The van der Waals surface area contributed by atoms with Gasteiger partial charge in [0.2, 0.25) is 7.49 Å². The summed E-state index contributed by atoms with van der Waals surface area (Å²) in [5.41, 5.74) is 0. The highest BCUT2D eigenvalue weighted by Crippen LogP contribution is 2.63. The summed E-state index contributed by atoms with van der Waals surface area (Å²) in [6.07, 6.45) is 2.55. The van der Waals surface area contributed by atoms with E-state index in [-0.39, 0.29) is 0 Å². The molecule has 0 rings (SSSR count). The average molecular weight is 264 g/mol. The Morgan fingerprint density at radius 1 is 0.941 bits per heavy atom.